The highest BCUT2D eigenvalue weighted by molar-refractivity contribution is 4.77. The number of unbranched alkanes of at least 4 members (excludes halogenated alkanes) is 10. The fourth-order valence-corrected chi connectivity index (χ4v) is 3.88. The molecule has 1 unspecified atom stereocenters. The number of hydrogen-bond donors (Lipinski definition) is 0. The molecule has 0 spiro atoms. The van der Waals surface area contributed by atoms with Crippen LogP contribution < -0.4 is 0 Å². The molecule has 0 radical (unpaired) electrons. The second kappa shape index (κ2) is 14.6. The Bertz CT molecular complexity index is 216. The van der Waals surface area contributed by atoms with Gasteiger partial charge in [-0.15, -0.1) is 0 Å². The van der Waals surface area contributed by atoms with Crippen LogP contribution in [0.5, 0.6) is 0 Å². The normalized spacial score (nSPS) is 13.5. The van der Waals surface area contributed by atoms with Crippen LogP contribution in [0, 0.1) is 11.3 Å². The summed E-state index contributed by atoms with van der Waals surface area (Å²) in [7, 11) is 0. The van der Waals surface area contributed by atoms with Gasteiger partial charge in [0.15, 0.2) is 0 Å². The average Bonchev–Trinajstić information content (AvgIpc) is 2.49. The Balaban J connectivity index is 3.67. The van der Waals surface area contributed by atoms with Crippen LogP contribution in [-0.4, -0.2) is 0 Å². The van der Waals surface area contributed by atoms with E-state index in [0.29, 0.717) is 5.41 Å². The third-order valence-electron chi connectivity index (χ3n) is 5.68. The summed E-state index contributed by atoms with van der Waals surface area (Å²) < 4.78 is 0. The molecule has 0 amide bonds. The van der Waals surface area contributed by atoms with Crippen molar-refractivity contribution in [2.75, 3.05) is 0 Å². The van der Waals surface area contributed by atoms with Crippen LogP contribution in [0.1, 0.15) is 131 Å². The van der Waals surface area contributed by atoms with E-state index < -0.39 is 0 Å². The Morgan fingerprint density at radius 2 is 1.05 bits per heavy atom. The van der Waals surface area contributed by atoms with Gasteiger partial charge < -0.3 is 0 Å². The summed E-state index contributed by atoms with van der Waals surface area (Å²) in [6.45, 7) is 12.1. The fourth-order valence-electron chi connectivity index (χ4n) is 3.88. The molecule has 0 bridgehead atoms. The summed E-state index contributed by atoms with van der Waals surface area (Å²) in [5.74, 6) is 0.939. The topological polar surface area (TPSA) is 0 Å². The van der Waals surface area contributed by atoms with E-state index >= 15 is 0 Å². The molecule has 0 rings (SSSR count). The lowest BCUT2D eigenvalue weighted by Gasteiger charge is -2.34. The van der Waals surface area contributed by atoms with Crippen molar-refractivity contribution in [1.82, 2.24) is 0 Å². The number of hydrogen-bond acceptors (Lipinski definition) is 0. The predicted octanol–water partition coefficient (Wildman–Crippen LogP) is 8.54. The molecule has 0 aliphatic carbocycles. The van der Waals surface area contributed by atoms with Gasteiger partial charge in [-0.05, 0) is 24.2 Å². The summed E-state index contributed by atoms with van der Waals surface area (Å²) >= 11 is 0. The first kappa shape index (κ1) is 22.0. The molecule has 0 aromatic carbocycles. The van der Waals surface area contributed by atoms with Crippen molar-refractivity contribution in [1.29, 1.82) is 0 Å². The summed E-state index contributed by atoms with van der Waals surface area (Å²) in [6.07, 6.45) is 21.5. The monoisotopic (exact) mass is 310 g/mol. The van der Waals surface area contributed by atoms with Gasteiger partial charge in [0, 0.05) is 0 Å². The summed E-state index contributed by atoms with van der Waals surface area (Å²) in [5.41, 5.74) is 0.560. The third kappa shape index (κ3) is 11.6. The molecule has 0 aromatic heterocycles. The lowest BCUT2D eigenvalue weighted by molar-refractivity contribution is 0.168. The molecular weight excluding hydrogens is 264 g/mol. The molecule has 0 fully saturated rings. The summed E-state index contributed by atoms with van der Waals surface area (Å²) in [4.78, 5) is 0. The Labute approximate surface area is 142 Å². The first-order valence-electron chi connectivity index (χ1n) is 10.6. The Hall–Kier alpha value is 0. The first-order valence-corrected chi connectivity index (χ1v) is 10.6. The standard InChI is InChI=1S/C22H46/c1-6-9-11-12-13-14-15-16-17-19-21(8-3)22(4,5)20-18-10-7-2/h21H,6-20H2,1-5H3. The zero-order valence-corrected chi connectivity index (χ0v) is 16.7. The highest BCUT2D eigenvalue weighted by Gasteiger charge is 2.26. The molecular formula is C22H46. The van der Waals surface area contributed by atoms with Gasteiger partial charge in [-0.3, -0.25) is 0 Å². The lowest BCUT2D eigenvalue weighted by Crippen LogP contribution is -2.23. The van der Waals surface area contributed by atoms with Crippen molar-refractivity contribution in [3.63, 3.8) is 0 Å². The van der Waals surface area contributed by atoms with Gasteiger partial charge in [0.25, 0.3) is 0 Å². The van der Waals surface area contributed by atoms with Gasteiger partial charge in [-0.2, -0.15) is 0 Å². The van der Waals surface area contributed by atoms with Crippen molar-refractivity contribution < 1.29 is 0 Å². The van der Waals surface area contributed by atoms with E-state index in [1.165, 1.54) is 96.3 Å². The molecule has 0 aliphatic heterocycles. The highest BCUT2D eigenvalue weighted by atomic mass is 14.3. The maximum absolute atomic E-state index is 2.52. The van der Waals surface area contributed by atoms with Crippen LogP contribution in [0.15, 0.2) is 0 Å². The zero-order chi connectivity index (χ0) is 16.7. The number of rotatable bonds is 16. The Morgan fingerprint density at radius 1 is 0.591 bits per heavy atom. The minimum atomic E-state index is 0.560. The van der Waals surface area contributed by atoms with Crippen LogP contribution >= 0.6 is 0 Å². The van der Waals surface area contributed by atoms with Crippen LogP contribution in [0.4, 0.5) is 0 Å². The molecule has 0 aliphatic rings. The first-order chi connectivity index (χ1) is 10.6. The summed E-state index contributed by atoms with van der Waals surface area (Å²) in [5, 5.41) is 0. The maximum Gasteiger partial charge on any atom is -0.0326 e. The van der Waals surface area contributed by atoms with Crippen LogP contribution in [0.25, 0.3) is 0 Å². The van der Waals surface area contributed by atoms with Crippen molar-refractivity contribution >= 4 is 0 Å². The van der Waals surface area contributed by atoms with Crippen LogP contribution in [-0.2, 0) is 0 Å². The second-order valence-corrected chi connectivity index (χ2v) is 8.17. The Kier molecular flexibility index (Phi) is 14.6. The van der Waals surface area contributed by atoms with Crippen molar-refractivity contribution in [2.24, 2.45) is 11.3 Å². The molecule has 0 saturated carbocycles. The predicted molar refractivity (Wildman–Crippen MR) is 104 cm³/mol. The Morgan fingerprint density at radius 3 is 1.55 bits per heavy atom. The largest absolute Gasteiger partial charge is 0.0654 e. The molecule has 0 aromatic rings. The van der Waals surface area contributed by atoms with Gasteiger partial charge in [-0.1, -0.05) is 118 Å². The minimum Gasteiger partial charge on any atom is -0.0654 e. The quantitative estimate of drug-likeness (QED) is 0.250. The second-order valence-electron chi connectivity index (χ2n) is 8.17. The van der Waals surface area contributed by atoms with E-state index in [2.05, 4.69) is 34.6 Å². The molecule has 0 nitrogen and oxygen atoms in total. The minimum absolute atomic E-state index is 0.560. The van der Waals surface area contributed by atoms with Gasteiger partial charge >= 0.3 is 0 Å². The lowest BCUT2D eigenvalue weighted by atomic mass is 9.71. The zero-order valence-electron chi connectivity index (χ0n) is 16.7. The van der Waals surface area contributed by atoms with Crippen LogP contribution in [0.2, 0.25) is 0 Å². The van der Waals surface area contributed by atoms with E-state index in [9.17, 15) is 0 Å². The molecule has 1 atom stereocenters. The van der Waals surface area contributed by atoms with Gasteiger partial charge in [0.1, 0.15) is 0 Å². The fraction of sp³-hybridized carbons (Fsp3) is 1.00. The van der Waals surface area contributed by atoms with Crippen molar-refractivity contribution in [2.45, 2.75) is 131 Å². The van der Waals surface area contributed by atoms with Crippen LogP contribution in [0.3, 0.4) is 0 Å². The van der Waals surface area contributed by atoms with E-state index in [1.807, 2.05) is 0 Å². The maximum atomic E-state index is 2.52. The summed E-state index contributed by atoms with van der Waals surface area (Å²) in [6, 6.07) is 0. The SMILES string of the molecule is CCCCCCCCCCCC(CC)C(C)(C)CCCCC. The average molecular weight is 311 g/mol. The molecule has 0 saturated heterocycles. The molecule has 0 heteroatoms. The molecule has 134 valence electrons. The van der Waals surface area contributed by atoms with E-state index in [1.54, 1.807) is 0 Å². The highest BCUT2D eigenvalue weighted by Crippen LogP contribution is 2.38. The smallest absolute Gasteiger partial charge is 0.0326 e. The molecule has 0 N–H and O–H groups in total. The van der Waals surface area contributed by atoms with Gasteiger partial charge in [0.2, 0.25) is 0 Å². The van der Waals surface area contributed by atoms with Crippen molar-refractivity contribution in [3.05, 3.63) is 0 Å². The van der Waals surface area contributed by atoms with E-state index in [-0.39, 0.29) is 0 Å². The van der Waals surface area contributed by atoms with E-state index in [4.69, 9.17) is 0 Å². The third-order valence-corrected chi connectivity index (χ3v) is 5.68. The molecule has 22 heavy (non-hydrogen) atoms. The molecule has 0 heterocycles. The van der Waals surface area contributed by atoms with Crippen molar-refractivity contribution in [3.8, 4) is 0 Å². The van der Waals surface area contributed by atoms with Gasteiger partial charge in [0.05, 0.1) is 0 Å². The van der Waals surface area contributed by atoms with E-state index in [0.717, 1.165) is 5.92 Å². The van der Waals surface area contributed by atoms with Gasteiger partial charge in [-0.25, -0.2) is 0 Å².